The summed E-state index contributed by atoms with van der Waals surface area (Å²) in [7, 11) is 0. The molecule has 2 aliphatic rings. The van der Waals surface area contributed by atoms with Crippen LogP contribution in [0.15, 0.2) is 36.5 Å². The second kappa shape index (κ2) is 5.47. The third-order valence-corrected chi connectivity index (χ3v) is 4.94. The number of halogens is 3. The summed E-state index contributed by atoms with van der Waals surface area (Å²) in [5.41, 5.74) is 1.21. The van der Waals surface area contributed by atoms with Crippen LogP contribution in [0.3, 0.4) is 0 Å². The molecule has 25 heavy (non-hydrogen) atoms. The van der Waals surface area contributed by atoms with Gasteiger partial charge in [0.25, 0.3) is 0 Å². The van der Waals surface area contributed by atoms with Crippen LogP contribution in [0.25, 0.3) is 11.3 Å². The first-order chi connectivity index (χ1) is 11.8. The highest BCUT2D eigenvalue weighted by molar-refractivity contribution is 5.73. The largest absolute Gasteiger partial charge is 0.489 e. The Labute approximate surface area is 141 Å². The topological polar surface area (TPSA) is 59.4 Å². The number of rotatable bonds is 2. The number of aliphatic carboxylic acids is 1. The van der Waals surface area contributed by atoms with Crippen molar-refractivity contribution in [3.05, 3.63) is 47.7 Å². The van der Waals surface area contributed by atoms with Gasteiger partial charge in [-0.3, -0.25) is 9.78 Å². The predicted molar refractivity (Wildman–Crippen MR) is 82.2 cm³/mol. The highest BCUT2D eigenvalue weighted by Crippen LogP contribution is 2.51. The number of aromatic nitrogens is 1. The molecule has 3 unspecified atom stereocenters. The van der Waals surface area contributed by atoms with Gasteiger partial charge in [0.1, 0.15) is 11.9 Å². The van der Waals surface area contributed by atoms with Crippen LogP contribution in [0.1, 0.15) is 29.9 Å². The highest BCUT2D eigenvalue weighted by Gasteiger charge is 2.46. The van der Waals surface area contributed by atoms with E-state index in [0.717, 1.165) is 17.7 Å². The second-order valence-corrected chi connectivity index (χ2v) is 6.42. The van der Waals surface area contributed by atoms with Gasteiger partial charge in [0.05, 0.1) is 17.2 Å². The van der Waals surface area contributed by atoms with Crippen molar-refractivity contribution in [3.8, 4) is 17.0 Å². The summed E-state index contributed by atoms with van der Waals surface area (Å²) >= 11 is 0. The molecule has 0 bridgehead atoms. The molecule has 130 valence electrons. The summed E-state index contributed by atoms with van der Waals surface area (Å²) in [6.45, 7) is 0. The molecular formula is C18H14F3NO3. The lowest BCUT2D eigenvalue weighted by Crippen LogP contribution is -2.14. The SMILES string of the molecule is O=C(O)C1CC2Oc3ccnc(-c4ccc(C(F)(F)F)cc4)c3C2C1. The van der Waals surface area contributed by atoms with Gasteiger partial charge in [-0.1, -0.05) is 12.1 Å². The number of carbonyl (C=O) groups is 1. The molecule has 1 aliphatic carbocycles. The highest BCUT2D eigenvalue weighted by atomic mass is 19.4. The molecular weight excluding hydrogens is 335 g/mol. The lowest BCUT2D eigenvalue weighted by Gasteiger charge is -2.12. The number of alkyl halides is 3. The van der Waals surface area contributed by atoms with E-state index >= 15 is 0 Å². The molecule has 0 radical (unpaired) electrons. The van der Waals surface area contributed by atoms with E-state index in [9.17, 15) is 23.1 Å². The van der Waals surface area contributed by atoms with Gasteiger partial charge in [0.2, 0.25) is 0 Å². The summed E-state index contributed by atoms with van der Waals surface area (Å²) in [5.74, 6) is -0.769. The minimum atomic E-state index is -4.39. The summed E-state index contributed by atoms with van der Waals surface area (Å²) in [4.78, 5) is 15.6. The average Bonchev–Trinajstić information content (AvgIpc) is 3.11. The maximum atomic E-state index is 12.7. The van der Waals surface area contributed by atoms with Crippen molar-refractivity contribution >= 4 is 5.97 Å². The molecule has 4 nitrogen and oxygen atoms in total. The third kappa shape index (κ3) is 2.63. The maximum absolute atomic E-state index is 12.7. The summed E-state index contributed by atoms with van der Waals surface area (Å²) in [5, 5.41) is 9.23. The van der Waals surface area contributed by atoms with Crippen LogP contribution in [-0.4, -0.2) is 22.2 Å². The predicted octanol–water partition coefficient (Wildman–Crippen LogP) is 4.11. The molecule has 1 aromatic carbocycles. The van der Waals surface area contributed by atoms with Gasteiger partial charge in [-0.05, 0) is 31.0 Å². The molecule has 3 atom stereocenters. The van der Waals surface area contributed by atoms with E-state index in [-0.39, 0.29) is 12.0 Å². The number of fused-ring (bicyclic) bond motifs is 3. The lowest BCUT2D eigenvalue weighted by molar-refractivity contribution is -0.141. The minimum Gasteiger partial charge on any atom is -0.489 e. The number of pyridine rings is 1. The van der Waals surface area contributed by atoms with Crippen LogP contribution >= 0.6 is 0 Å². The van der Waals surface area contributed by atoms with Crippen molar-refractivity contribution in [2.45, 2.75) is 31.0 Å². The minimum absolute atomic E-state index is 0.0953. The Balaban J connectivity index is 1.72. The fourth-order valence-electron chi connectivity index (χ4n) is 3.76. The molecule has 1 saturated carbocycles. The average molecular weight is 349 g/mol. The number of ether oxygens (including phenoxy) is 1. The smallest absolute Gasteiger partial charge is 0.416 e. The molecule has 2 aromatic rings. The van der Waals surface area contributed by atoms with Crippen LogP contribution in [0.2, 0.25) is 0 Å². The molecule has 0 amide bonds. The zero-order chi connectivity index (χ0) is 17.8. The molecule has 1 aromatic heterocycles. The second-order valence-electron chi connectivity index (χ2n) is 6.42. The number of benzene rings is 1. The molecule has 1 fully saturated rings. The van der Waals surface area contributed by atoms with E-state index < -0.39 is 23.6 Å². The van der Waals surface area contributed by atoms with Gasteiger partial charge in [-0.15, -0.1) is 0 Å². The Morgan fingerprint density at radius 2 is 1.88 bits per heavy atom. The molecule has 2 heterocycles. The standard InChI is InChI=1S/C18H14F3NO3/c19-18(20,21)11-3-1-9(2-4-11)16-15-12-7-10(17(23)24)8-14(12)25-13(15)5-6-22-16/h1-6,10,12,14H,7-8H2,(H,23,24). The van der Waals surface area contributed by atoms with Crippen LogP contribution in [0, 0.1) is 5.92 Å². The normalized spacial score (nSPS) is 24.5. The van der Waals surface area contributed by atoms with Gasteiger partial charge < -0.3 is 9.84 Å². The third-order valence-electron chi connectivity index (χ3n) is 4.94. The van der Waals surface area contributed by atoms with Crippen LogP contribution in [0.4, 0.5) is 13.2 Å². The number of nitrogens with zero attached hydrogens (tertiary/aromatic N) is 1. The van der Waals surface area contributed by atoms with E-state index in [1.165, 1.54) is 12.1 Å². The van der Waals surface area contributed by atoms with E-state index in [4.69, 9.17) is 4.74 Å². The molecule has 0 spiro atoms. The van der Waals surface area contributed by atoms with Crippen LogP contribution < -0.4 is 4.74 Å². The lowest BCUT2D eigenvalue weighted by atomic mass is 9.92. The van der Waals surface area contributed by atoms with Gasteiger partial charge >= 0.3 is 12.1 Å². The molecule has 4 rings (SSSR count). The number of carboxylic acids is 1. The fraction of sp³-hybridized carbons (Fsp3) is 0.333. The summed E-state index contributed by atoms with van der Waals surface area (Å²) in [6, 6.07) is 6.55. The molecule has 0 saturated heterocycles. The Bertz CT molecular complexity index is 832. The van der Waals surface area contributed by atoms with Crippen molar-refractivity contribution < 1.29 is 27.8 Å². The molecule has 7 heteroatoms. The van der Waals surface area contributed by atoms with E-state index in [1.54, 1.807) is 12.3 Å². The number of hydrogen-bond donors (Lipinski definition) is 1. The Kier molecular flexibility index (Phi) is 3.49. The first kappa shape index (κ1) is 15.9. The van der Waals surface area contributed by atoms with Crippen LogP contribution in [0.5, 0.6) is 5.75 Å². The summed E-state index contributed by atoms with van der Waals surface area (Å²) < 4.78 is 44.1. The molecule has 1 aliphatic heterocycles. The number of hydrogen-bond acceptors (Lipinski definition) is 3. The van der Waals surface area contributed by atoms with Gasteiger partial charge in [-0.25, -0.2) is 0 Å². The summed E-state index contributed by atoms with van der Waals surface area (Å²) in [6.07, 6.45) is -2.16. The zero-order valence-electron chi connectivity index (χ0n) is 13.0. The van der Waals surface area contributed by atoms with E-state index in [2.05, 4.69) is 4.98 Å². The van der Waals surface area contributed by atoms with Crippen molar-refractivity contribution in [2.75, 3.05) is 0 Å². The van der Waals surface area contributed by atoms with Crippen molar-refractivity contribution in [1.29, 1.82) is 0 Å². The van der Waals surface area contributed by atoms with Crippen molar-refractivity contribution in [2.24, 2.45) is 5.92 Å². The monoisotopic (exact) mass is 349 g/mol. The Hall–Kier alpha value is -2.57. The van der Waals surface area contributed by atoms with Gasteiger partial charge in [-0.2, -0.15) is 13.2 Å². The van der Waals surface area contributed by atoms with Crippen molar-refractivity contribution in [3.63, 3.8) is 0 Å². The Morgan fingerprint density at radius 3 is 2.52 bits per heavy atom. The van der Waals surface area contributed by atoms with Gasteiger partial charge in [0, 0.05) is 23.2 Å². The quantitative estimate of drug-likeness (QED) is 0.887. The number of carboxylic acid groups (broad SMARTS) is 1. The zero-order valence-corrected chi connectivity index (χ0v) is 13.0. The first-order valence-electron chi connectivity index (χ1n) is 7.90. The van der Waals surface area contributed by atoms with Crippen molar-refractivity contribution in [1.82, 2.24) is 4.98 Å². The fourth-order valence-corrected chi connectivity index (χ4v) is 3.76. The van der Waals surface area contributed by atoms with E-state index in [1.807, 2.05) is 0 Å². The van der Waals surface area contributed by atoms with Crippen LogP contribution in [-0.2, 0) is 11.0 Å². The van der Waals surface area contributed by atoms with E-state index in [0.29, 0.717) is 29.8 Å². The Morgan fingerprint density at radius 1 is 1.16 bits per heavy atom. The maximum Gasteiger partial charge on any atom is 0.416 e. The molecule has 1 N–H and O–H groups in total. The van der Waals surface area contributed by atoms with Gasteiger partial charge in [0.15, 0.2) is 0 Å². The first-order valence-corrected chi connectivity index (χ1v) is 7.90.